The molecule has 0 aromatic heterocycles. The molecule has 2 aromatic carbocycles. The second kappa shape index (κ2) is 7.51. The molecule has 122 valence electrons. The normalized spacial score (nSPS) is 11.1. The van der Waals surface area contributed by atoms with E-state index in [4.69, 9.17) is 16.3 Å². The molecule has 0 aliphatic heterocycles. The van der Waals surface area contributed by atoms with Crippen molar-refractivity contribution in [3.8, 4) is 11.5 Å². The van der Waals surface area contributed by atoms with E-state index in [1.54, 1.807) is 0 Å². The Morgan fingerprint density at radius 1 is 1.04 bits per heavy atom. The van der Waals surface area contributed by atoms with Crippen LogP contribution in [-0.2, 0) is 11.3 Å². The molecule has 0 atom stereocenters. The number of alkyl halides is 1. The molecule has 0 radical (unpaired) electrons. The van der Waals surface area contributed by atoms with Gasteiger partial charge >= 0.3 is 0 Å². The van der Waals surface area contributed by atoms with E-state index in [1.807, 2.05) is 69.3 Å². The molecule has 23 heavy (non-hydrogen) atoms. The third-order valence-electron chi connectivity index (χ3n) is 3.58. The summed E-state index contributed by atoms with van der Waals surface area (Å²) in [6, 6.07) is 15.6. The molecule has 3 nitrogen and oxygen atoms in total. The molecule has 0 aliphatic carbocycles. The van der Waals surface area contributed by atoms with Crippen molar-refractivity contribution in [3.63, 3.8) is 0 Å². The second-order valence-electron chi connectivity index (χ2n) is 6.26. The number of hydrogen-bond acceptors (Lipinski definition) is 2. The fraction of sp³-hybridized carbons (Fsp3) is 0.316. The molecule has 0 spiro atoms. The maximum atomic E-state index is 12.0. The Balaban J connectivity index is 1.92. The number of hydrogen-bond donors (Lipinski definition) is 1. The Morgan fingerprint density at radius 3 is 2.09 bits per heavy atom. The van der Waals surface area contributed by atoms with Crippen LogP contribution in [0.2, 0.25) is 0 Å². The van der Waals surface area contributed by atoms with Gasteiger partial charge in [0.25, 0.3) is 0 Å². The maximum absolute atomic E-state index is 12.0. The zero-order chi connectivity index (χ0) is 16.9. The van der Waals surface area contributed by atoms with E-state index in [2.05, 4.69) is 5.32 Å². The van der Waals surface area contributed by atoms with Crippen molar-refractivity contribution < 1.29 is 9.53 Å². The molecule has 0 unspecified atom stereocenters. The first kappa shape index (κ1) is 17.4. The van der Waals surface area contributed by atoms with Gasteiger partial charge in [0.1, 0.15) is 11.5 Å². The van der Waals surface area contributed by atoms with Crippen molar-refractivity contribution >= 4 is 17.5 Å². The Hall–Kier alpha value is -2.00. The highest BCUT2D eigenvalue weighted by Gasteiger charge is 2.25. The van der Waals surface area contributed by atoms with Gasteiger partial charge in [-0.25, -0.2) is 0 Å². The van der Waals surface area contributed by atoms with E-state index in [0.29, 0.717) is 12.4 Å². The summed E-state index contributed by atoms with van der Waals surface area (Å²) in [7, 11) is 0. The monoisotopic (exact) mass is 331 g/mol. The number of rotatable bonds is 6. The van der Waals surface area contributed by atoms with Gasteiger partial charge in [-0.2, -0.15) is 0 Å². The lowest BCUT2D eigenvalue weighted by Gasteiger charge is -2.20. The Kier molecular flexibility index (Phi) is 5.67. The Morgan fingerprint density at radius 2 is 1.57 bits per heavy atom. The lowest BCUT2D eigenvalue weighted by atomic mass is 9.95. The molecule has 2 aromatic rings. The zero-order valence-electron chi connectivity index (χ0n) is 13.7. The van der Waals surface area contributed by atoms with Gasteiger partial charge in [-0.05, 0) is 50.6 Å². The van der Waals surface area contributed by atoms with Crippen molar-refractivity contribution in [2.45, 2.75) is 27.3 Å². The van der Waals surface area contributed by atoms with Gasteiger partial charge in [-0.1, -0.05) is 29.8 Å². The second-order valence-corrected chi connectivity index (χ2v) is 6.53. The van der Waals surface area contributed by atoms with Crippen LogP contribution < -0.4 is 10.1 Å². The van der Waals surface area contributed by atoms with Crippen LogP contribution in [0.3, 0.4) is 0 Å². The predicted octanol–water partition coefficient (Wildman–Crippen LogP) is 4.67. The zero-order valence-corrected chi connectivity index (χ0v) is 14.5. The van der Waals surface area contributed by atoms with Crippen molar-refractivity contribution in [1.82, 2.24) is 5.32 Å². The molecule has 0 heterocycles. The van der Waals surface area contributed by atoms with Crippen LogP contribution in [0.25, 0.3) is 0 Å². The fourth-order valence-electron chi connectivity index (χ4n) is 1.90. The topological polar surface area (TPSA) is 38.3 Å². The highest BCUT2D eigenvalue weighted by atomic mass is 35.5. The predicted molar refractivity (Wildman–Crippen MR) is 94.0 cm³/mol. The number of amides is 1. The summed E-state index contributed by atoms with van der Waals surface area (Å²) in [4.78, 5) is 12.0. The molecule has 1 amide bonds. The maximum Gasteiger partial charge on any atom is 0.227 e. The minimum absolute atomic E-state index is 0.0486. The van der Waals surface area contributed by atoms with E-state index in [-0.39, 0.29) is 5.91 Å². The number of carbonyl (C=O) groups excluding carboxylic acids is 1. The molecule has 0 saturated heterocycles. The molecule has 2 rings (SSSR count). The van der Waals surface area contributed by atoms with Gasteiger partial charge in [-0.15, -0.1) is 11.6 Å². The van der Waals surface area contributed by atoms with Crippen LogP contribution in [0, 0.1) is 12.3 Å². The lowest BCUT2D eigenvalue weighted by Crippen LogP contribution is -2.37. The SMILES string of the molecule is Cc1ccc(Oc2ccc(CNC(=O)C(C)(C)CCl)cc2)cc1. The molecule has 1 N–H and O–H groups in total. The molecule has 0 saturated carbocycles. The van der Waals surface area contributed by atoms with Crippen LogP contribution in [0.4, 0.5) is 0 Å². The highest BCUT2D eigenvalue weighted by molar-refractivity contribution is 6.19. The first-order valence-electron chi connectivity index (χ1n) is 7.58. The van der Waals surface area contributed by atoms with Crippen LogP contribution in [0.15, 0.2) is 48.5 Å². The summed E-state index contributed by atoms with van der Waals surface area (Å²) in [5, 5.41) is 2.90. The number of halogens is 1. The van der Waals surface area contributed by atoms with Crippen molar-refractivity contribution in [2.24, 2.45) is 5.41 Å². The van der Waals surface area contributed by atoms with Crippen molar-refractivity contribution in [3.05, 3.63) is 59.7 Å². The van der Waals surface area contributed by atoms with Gasteiger partial charge in [0, 0.05) is 12.4 Å². The lowest BCUT2D eigenvalue weighted by molar-refractivity contribution is -0.128. The van der Waals surface area contributed by atoms with Gasteiger partial charge in [0.2, 0.25) is 5.91 Å². The minimum atomic E-state index is -0.559. The fourth-order valence-corrected chi connectivity index (χ4v) is 2.02. The third-order valence-corrected chi connectivity index (χ3v) is 4.25. The van der Waals surface area contributed by atoms with Gasteiger partial charge in [0.15, 0.2) is 0 Å². The molecule has 0 fully saturated rings. The molecule has 0 aliphatic rings. The third kappa shape index (κ3) is 5.00. The smallest absolute Gasteiger partial charge is 0.227 e. The Labute approximate surface area is 142 Å². The van der Waals surface area contributed by atoms with Gasteiger partial charge in [-0.3, -0.25) is 4.79 Å². The van der Waals surface area contributed by atoms with Crippen LogP contribution in [-0.4, -0.2) is 11.8 Å². The average molecular weight is 332 g/mol. The van der Waals surface area contributed by atoms with E-state index >= 15 is 0 Å². The molecule has 4 heteroatoms. The minimum Gasteiger partial charge on any atom is -0.457 e. The largest absolute Gasteiger partial charge is 0.457 e. The molecular formula is C19H22ClNO2. The number of nitrogens with one attached hydrogen (secondary N) is 1. The van der Waals surface area contributed by atoms with Crippen LogP contribution >= 0.6 is 11.6 Å². The van der Waals surface area contributed by atoms with E-state index in [0.717, 1.165) is 17.1 Å². The summed E-state index contributed by atoms with van der Waals surface area (Å²) in [5.74, 6) is 1.82. The first-order chi connectivity index (χ1) is 10.9. The quantitative estimate of drug-likeness (QED) is 0.781. The van der Waals surface area contributed by atoms with Crippen LogP contribution in [0.5, 0.6) is 11.5 Å². The highest BCUT2D eigenvalue weighted by Crippen LogP contribution is 2.22. The summed E-state index contributed by atoms with van der Waals surface area (Å²) in [6.45, 7) is 6.17. The number of aryl methyl sites for hydroxylation is 1. The summed E-state index contributed by atoms with van der Waals surface area (Å²) >= 11 is 5.80. The number of benzene rings is 2. The summed E-state index contributed by atoms with van der Waals surface area (Å²) in [6.07, 6.45) is 0. The molecular weight excluding hydrogens is 310 g/mol. The van der Waals surface area contributed by atoms with E-state index in [1.165, 1.54) is 5.56 Å². The first-order valence-corrected chi connectivity index (χ1v) is 8.12. The summed E-state index contributed by atoms with van der Waals surface area (Å²) in [5.41, 5.74) is 1.65. The van der Waals surface area contributed by atoms with Crippen LogP contribution in [0.1, 0.15) is 25.0 Å². The van der Waals surface area contributed by atoms with Gasteiger partial charge < -0.3 is 10.1 Å². The number of carbonyl (C=O) groups is 1. The molecule has 0 bridgehead atoms. The standard InChI is InChI=1S/C19H22ClNO2/c1-14-4-8-16(9-5-14)23-17-10-6-15(7-11-17)12-21-18(22)19(2,3)13-20/h4-11H,12-13H2,1-3H3,(H,21,22). The van der Waals surface area contributed by atoms with Crippen molar-refractivity contribution in [2.75, 3.05) is 5.88 Å². The Bertz CT molecular complexity index is 648. The summed E-state index contributed by atoms with van der Waals surface area (Å²) < 4.78 is 5.78. The van der Waals surface area contributed by atoms with Gasteiger partial charge in [0.05, 0.1) is 5.41 Å². The van der Waals surface area contributed by atoms with Crippen molar-refractivity contribution in [1.29, 1.82) is 0 Å². The average Bonchev–Trinajstić information content (AvgIpc) is 2.56. The van der Waals surface area contributed by atoms with E-state index in [9.17, 15) is 4.79 Å². The number of ether oxygens (including phenoxy) is 1. The van der Waals surface area contributed by atoms with E-state index < -0.39 is 5.41 Å².